The highest BCUT2D eigenvalue weighted by molar-refractivity contribution is 9.10. The van der Waals surface area contributed by atoms with E-state index in [1.807, 2.05) is 16.9 Å². The van der Waals surface area contributed by atoms with Crippen LogP contribution in [-0.2, 0) is 4.74 Å². The maximum Gasteiger partial charge on any atom is 0.150 e. The molecule has 0 bridgehead atoms. The molecule has 2 aromatic rings. The smallest absolute Gasteiger partial charge is 0.150 e. The van der Waals surface area contributed by atoms with Gasteiger partial charge in [0.2, 0.25) is 0 Å². The Morgan fingerprint density at radius 2 is 2.21 bits per heavy atom. The van der Waals surface area contributed by atoms with Crippen molar-refractivity contribution in [1.82, 2.24) is 9.78 Å². The number of nitrogens with zero attached hydrogens (tertiary/aromatic N) is 2. The first-order valence-corrected chi connectivity index (χ1v) is 7.14. The topological polar surface area (TPSA) is 27.1 Å². The summed E-state index contributed by atoms with van der Waals surface area (Å²) in [5, 5.41) is 4.33. The Morgan fingerprint density at radius 1 is 1.32 bits per heavy atom. The van der Waals surface area contributed by atoms with Crippen LogP contribution < -0.4 is 0 Å². The number of rotatable bonds is 2. The third kappa shape index (κ3) is 2.72. The molecule has 1 atom stereocenters. The lowest BCUT2D eigenvalue weighted by Crippen LogP contribution is -2.18. The van der Waals surface area contributed by atoms with Gasteiger partial charge in [0.1, 0.15) is 12.0 Å². The van der Waals surface area contributed by atoms with E-state index in [1.165, 1.54) is 6.07 Å². The average molecular weight is 325 g/mol. The van der Waals surface area contributed by atoms with Gasteiger partial charge in [-0.05, 0) is 52.9 Å². The van der Waals surface area contributed by atoms with E-state index >= 15 is 0 Å². The van der Waals surface area contributed by atoms with E-state index in [9.17, 15) is 4.39 Å². The molecule has 3 rings (SSSR count). The van der Waals surface area contributed by atoms with Crippen molar-refractivity contribution in [3.8, 4) is 11.1 Å². The summed E-state index contributed by atoms with van der Waals surface area (Å²) in [6.07, 6.45) is 6.94. The summed E-state index contributed by atoms with van der Waals surface area (Å²) >= 11 is 3.15. The van der Waals surface area contributed by atoms with Gasteiger partial charge in [0.25, 0.3) is 0 Å². The minimum Gasteiger partial charge on any atom is -0.357 e. The van der Waals surface area contributed by atoms with Crippen LogP contribution in [-0.4, -0.2) is 16.4 Å². The second kappa shape index (κ2) is 5.43. The number of aromatic nitrogens is 2. The minimum absolute atomic E-state index is 0.0165. The summed E-state index contributed by atoms with van der Waals surface area (Å²) in [4.78, 5) is 0. The molecule has 1 aliphatic heterocycles. The first kappa shape index (κ1) is 12.8. The summed E-state index contributed by atoms with van der Waals surface area (Å²) in [7, 11) is 0. The number of hydrogen-bond donors (Lipinski definition) is 0. The van der Waals surface area contributed by atoms with E-state index in [-0.39, 0.29) is 12.0 Å². The zero-order valence-corrected chi connectivity index (χ0v) is 11.9. The summed E-state index contributed by atoms with van der Waals surface area (Å²) in [6, 6.07) is 5.09. The van der Waals surface area contributed by atoms with Crippen molar-refractivity contribution in [2.75, 3.05) is 6.61 Å². The second-order valence-electron chi connectivity index (χ2n) is 4.66. The fourth-order valence-corrected chi connectivity index (χ4v) is 2.50. The standard InChI is InChI=1S/C14H14BrFN2O/c15-12-5-4-10(7-13(12)16)11-8-17-18(9-11)14-3-1-2-6-19-14/h4-5,7-9,14H,1-3,6H2. The highest BCUT2D eigenvalue weighted by Crippen LogP contribution is 2.27. The Kier molecular flexibility index (Phi) is 3.66. The quantitative estimate of drug-likeness (QED) is 0.829. The second-order valence-corrected chi connectivity index (χ2v) is 5.51. The molecule has 0 amide bonds. The molecule has 5 heteroatoms. The molecule has 0 spiro atoms. The number of hydrogen-bond acceptors (Lipinski definition) is 2. The van der Waals surface area contributed by atoms with Crippen LogP contribution in [0.15, 0.2) is 35.1 Å². The lowest BCUT2D eigenvalue weighted by atomic mass is 10.1. The third-order valence-electron chi connectivity index (χ3n) is 3.31. The molecule has 1 unspecified atom stereocenters. The van der Waals surface area contributed by atoms with Gasteiger partial charge >= 0.3 is 0 Å². The van der Waals surface area contributed by atoms with E-state index in [0.717, 1.165) is 37.0 Å². The molecule has 1 aromatic carbocycles. The van der Waals surface area contributed by atoms with Gasteiger partial charge in [-0.3, -0.25) is 0 Å². The normalized spacial score (nSPS) is 19.6. The molecule has 1 fully saturated rings. The Hall–Kier alpha value is -1.20. The van der Waals surface area contributed by atoms with Gasteiger partial charge in [-0.1, -0.05) is 6.07 Å². The van der Waals surface area contributed by atoms with Crippen molar-refractivity contribution >= 4 is 15.9 Å². The summed E-state index contributed by atoms with van der Waals surface area (Å²) in [5.74, 6) is -0.265. The van der Waals surface area contributed by atoms with Crippen LogP contribution in [0.3, 0.4) is 0 Å². The fourth-order valence-electron chi connectivity index (χ4n) is 2.25. The Balaban J connectivity index is 1.85. The number of halogens is 2. The van der Waals surface area contributed by atoms with E-state index in [1.54, 1.807) is 12.3 Å². The predicted octanol–water partition coefficient (Wildman–Crippen LogP) is 4.15. The molecule has 0 radical (unpaired) electrons. The minimum atomic E-state index is -0.265. The molecule has 0 aliphatic carbocycles. The van der Waals surface area contributed by atoms with Crippen molar-refractivity contribution in [2.45, 2.75) is 25.5 Å². The molecule has 100 valence electrons. The Bertz CT molecular complexity index is 579. The van der Waals surface area contributed by atoms with Crippen LogP contribution in [0.1, 0.15) is 25.5 Å². The van der Waals surface area contributed by atoms with Crippen molar-refractivity contribution < 1.29 is 9.13 Å². The van der Waals surface area contributed by atoms with Crippen LogP contribution >= 0.6 is 15.9 Å². The van der Waals surface area contributed by atoms with Gasteiger partial charge < -0.3 is 4.74 Å². The largest absolute Gasteiger partial charge is 0.357 e. The van der Waals surface area contributed by atoms with Crippen molar-refractivity contribution in [2.24, 2.45) is 0 Å². The zero-order valence-electron chi connectivity index (χ0n) is 10.4. The Morgan fingerprint density at radius 3 is 2.95 bits per heavy atom. The van der Waals surface area contributed by atoms with E-state index in [0.29, 0.717) is 4.47 Å². The van der Waals surface area contributed by atoms with Crippen LogP contribution in [0.5, 0.6) is 0 Å². The first-order valence-electron chi connectivity index (χ1n) is 6.35. The van der Waals surface area contributed by atoms with Crippen molar-refractivity contribution in [3.63, 3.8) is 0 Å². The molecule has 1 aromatic heterocycles. The number of benzene rings is 1. The molecule has 19 heavy (non-hydrogen) atoms. The van der Waals surface area contributed by atoms with E-state index < -0.39 is 0 Å². The fraction of sp³-hybridized carbons (Fsp3) is 0.357. The monoisotopic (exact) mass is 324 g/mol. The van der Waals surface area contributed by atoms with Gasteiger partial charge in [0.15, 0.2) is 0 Å². The van der Waals surface area contributed by atoms with Crippen LogP contribution in [0.25, 0.3) is 11.1 Å². The summed E-state index contributed by atoms with van der Waals surface area (Å²) in [5.41, 5.74) is 1.73. The molecular formula is C14H14BrFN2O. The SMILES string of the molecule is Fc1cc(-c2cnn(C3CCCCO3)c2)ccc1Br. The molecule has 1 aliphatic rings. The van der Waals surface area contributed by atoms with Crippen molar-refractivity contribution in [1.29, 1.82) is 0 Å². The molecule has 0 saturated carbocycles. The average Bonchev–Trinajstić information content (AvgIpc) is 2.93. The van der Waals surface area contributed by atoms with Gasteiger partial charge in [0, 0.05) is 18.4 Å². The summed E-state index contributed by atoms with van der Waals surface area (Å²) in [6.45, 7) is 0.784. The van der Waals surface area contributed by atoms with Crippen LogP contribution in [0.2, 0.25) is 0 Å². The summed E-state index contributed by atoms with van der Waals surface area (Å²) < 4.78 is 21.5. The lowest BCUT2D eigenvalue weighted by molar-refractivity contribution is -0.0394. The predicted molar refractivity (Wildman–Crippen MR) is 74.2 cm³/mol. The lowest BCUT2D eigenvalue weighted by Gasteiger charge is -2.22. The molecule has 2 heterocycles. The van der Waals surface area contributed by atoms with Crippen molar-refractivity contribution in [3.05, 3.63) is 40.9 Å². The van der Waals surface area contributed by atoms with E-state index in [4.69, 9.17) is 4.74 Å². The number of ether oxygens (including phenoxy) is 1. The first-order chi connectivity index (χ1) is 9.24. The van der Waals surface area contributed by atoms with Gasteiger partial charge in [0.05, 0.1) is 10.7 Å². The zero-order chi connectivity index (χ0) is 13.2. The highest BCUT2D eigenvalue weighted by atomic mass is 79.9. The van der Waals surface area contributed by atoms with Crippen LogP contribution in [0.4, 0.5) is 4.39 Å². The maximum absolute atomic E-state index is 13.5. The third-order valence-corrected chi connectivity index (χ3v) is 3.95. The van der Waals surface area contributed by atoms with Gasteiger partial charge in [-0.15, -0.1) is 0 Å². The van der Waals surface area contributed by atoms with Gasteiger partial charge in [-0.2, -0.15) is 5.10 Å². The molecular weight excluding hydrogens is 311 g/mol. The highest BCUT2D eigenvalue weighted by Gasteiger charge is 2.16. The van der Waals surface area contributed by atoms with Gasteiger partial charge in [-0.25, -0.2) is 9.07 Å². The molecule has 0 N–H and O–H groups in total. The molecule has 3 nitrogen and oxygen atoms in total. The van der Waals surface area contributed by atoms with E-state index in [2.05, 4.69) is 21.0 Å². The molecule has 1 saturated heterocycles. The Labute approximate surface area is 119 Å². The maximum atomic E-state index is 13.5. The van der Waals surface area contributed by atoms with Crippen LogP contribution in [0, 0.1) is 5.82 Å².